The molecule has 226 valence electrons. The van der Waals surface area contributed by atoms with Crippen molar-refractivity contribution in [3.8, 4) is 0 Å². The third-order valence-electron chi connectivity index (χ3n) is 8.64. The topological polar surface area (TPSA) is 66.7 Å². The number of anilines is 2. The van der Waals surface area contributed by atoms with E-state index in [0.717, 1.165) is 54.7 Å². The summed E-state index contributed by atoms with van der Waals surface area (Å²) in [6.07, 6.45) is 5.47. The molecular weight excluding hydrogens is 558 g/mol. The molecule has 3 aromatic rings. The zero-order chi connectivity index (χ0) is 30.9. The minimum Gasteiger partial charge on any atom is -0.372 e. The summed E-state index contributed by atoms with van der Waals surface area (Å²) in [5.74, 6) is -0.732. The van der Waals surface area contributed by atoms with Crippen LogP contribution in [0.2, 0.25) is 5.02 Å². The SMILES string of the molecule is CCN(CC)c1ccc(C(=CC[C@H]2C=C(C=O)C[C@H]([N+](=O)[O-])[C@@H]2c2ccccc2Cl)c2ccc(N(CC)CC)cc2)cc1. The second-order valence-corrected chi connectivity index (χ2v) is 11.3. The number of halogens is 1. The standard InChI is InChI=1S/C36H42ClN3O3/c1-5-38(6-2)30-18-13-27(14-19-30)32(28-15-20-31(21-16-28)39(7-3)8-4)22-17-29-23-26(25-41)24-35(40(42)43)36(29)33-11-9-10-12-34(33)37/h9-16,18-23,25,29,35-36H,5-8,17,24H2,1-4H3/t29-,35-,36-/m0/s1. The quantitative estimate of drug-likeness (QED) is 0.112. The molecule has 0 N–H and O–H groups in total. The van der Waals surface area contributed by atoms with Crippen LogP contribution in [0.1, 0.15) is 63.1 Å². The van der Waals surface area contributed by atoms with Gasteiger partial charge in [-0.2, -0.15) is 0 Å². The van der Waals surface area contributed by atoms with Gasteiger partial charge in [0.2, 0.25) is 6.04 Å². The van der Waals surface area contributed by atoms with Crippen molar-refractivity contribution in [3.05, 3.63) is 122 Å². The highest BCUT2D eigenvalue weighted by molar-refractivity contribution is 6.31. The highest BCUT2D eigenvalue weighted by Crippen LogP contribution is 2.43. The number of nitro groups is 1. The van der Waals surface area contributed by atoms with E-state index in [2.05, 4.69) is 92.1 Å². The maximum atomic E-state index is 12.3. The second-order valence-electron chi connectivity index (χ2n) is 10.9. The molecule has 0 saturated heterocycles. The lowest BCUT2D eigenvalue weighted by Crippen LogP contribution is -2.36. The fourth-order valence-corrected chi connectivity index (χ4v) is 6.59. The maximum absolute atomic E-state index is 12.3. The van der Waals surface area contributed by atoms with Gasteiger partial charge in [0.15, 0.2) is 0 Å². The Balaban J connectivity index is 1.80. The lowest BCUT2D eigenvalue weighted by atomic mass is 9.72. The Hall–Kier alpha value is -3.90. The van der Waals surface area contributed by atoms with Gasteiger partial charge in [0, 0.05) is 53.9 Å². The van der Waals surface area contributed by atoms with Gasteiger partial charge in [-0.3, -0.25) is 14.9 Å². The Labute approximate surface area is 260 Å². The van der Waals surface area contributed by atoms with Crippen LogP contribution in [-0.2, 0) is 4.79 Å². The number of carbonyl (C=O) groups excluding carboxylic acids is 1. The number of allylic oxidation sites excluding steroid dienone is 2. The van der Waals surface area contributed by atoms with E-state index in [-0.39, 0.29) is 17.3 Å². The van der Waals surface area contributed by atoms with E-state index in [0.29, 0.717) is 17.0 Å². The van der Waals surface area contributed by atoms with Gasteiger partial charge in [-0.15, -0.1) is 0 Å². The number of rotatable bonds is 13. The number of hydrogen-bond donors (Lipinski definition) is 0. The summed E-state index contributed by atoms with van der Waals surface area (Å²) in [5.41, 5.74) is 6.76. The Bertz CT molecular complexity index is 1380. The average Bonchev–Trinajstić information content (AvgIpc) is 3.03. The number of nitrogens with zero attached hydrogens (tertiary/aromatic N) is 3. The van der Waals surface area contributed by atoms with Crippen molar-refractivity contribution in [1.82, 2.24) is 0 Å². The van der Waals surface area contributed by atoms with Gasteiger partial charge in [0.25, 0.3) is 0 Å². The molecule has 1 aliphatic rings. The minimum atomic E-state index is -0.936. The van der Waals surface area contributed by atoms with Crippen molar-refractivity contribution in [2.75, 3.05) is 36.0 Å². The van der Waals surface area contributed by atoms with Gasteiger partial charge >= 0.3 is 0 Å². The Kier molecular flexibility index (Phi) is 11.2. The predicted molar refractivity (Wildman–Crippen MR) is 179 cm³/mol. The van der Waals surface area contributed by atoms with Crippen LogP contribution >= 0.6 is 11.6 Å². The van der Waals surface area contributed by atoms with Gasteiger partial charge < -0.3 is 9.80 Å². The Morgan fingerprint density at radius 2 is 1.37 bits per heavy atom. The number of carbonyl (C=O) groups is 1. The first-order valence-electron chi connectivity index (χ1n) is 15.3. The van der Waals surface area contributed by atoms with Gasteiger partial charge in [0.1, 0.15) is 6.29 Å². The lowest BCUT2D eigenvalue weighted by molar-refractivity contribution is -0.528. The number of benzene rings is 3. The monoisotopic (exact) mass is 599 g/mol. The summed E-state index contributed by atoms with van der Waals surface area (Å²) in [6.45, 7) is 12.3. The highest BCUT2D eigenvalue weighted by Gasteiger charge is 2.42. The number of hydrogen-bond acceptors (Lipinski definition) is 5. The van der Waals surface area contributed by atoms with Crippen LogP contribution in [0, 0.1) is 16.0 Å². The third kappa shape index (κ3) is 7.37. The molecule has 0 bridgehead atoms. The molecule has 0 radical (unpaired) electrons. The fourth-order valence-electron chi connectivity index (χ4n) is 6.33. The normalized spacial score (nSPS) is 18.0. The molecule has 0 heterocycles. The van der Waals surface area contributed by atoms with Gasteiger partial charge in [-0.05, 0) is 98.2 Å². The van der Waals surface area contributed by atoms with E-state index in [1.54, 1.807) is 6.07 Å². The largest absolute Gasteiger partial charge is 0.372 e. The van der Waals surface area contributed by atoms with Crippen molar-refractivity contribution in [2.45, 2.75) is 52.5 Å². The zero-order valence-electron chi connectivity index (χ0n) is 25.6. The Morgan fingerprint density at radius 1 is 0.860 bits per heavy atom. The highest BCUT2D eigenvalue weighted by atomic mass is 35.5. The van der Waals surface area contributed by atoms with Gasteiger partial charge in [0.05, 0.1) is 5.92 Å². The molecule has 0 fully saturated rings. The molecule has 4 rings (SSSR count). The summed E-state index contributed by atoms with van der Waals surface area (Å²) in [4.78, 5) is 28.6. The summed E-state index contributed by atoms with van der Waals surface area (Å²) in [7, 11) is 0. The summed E-state index contributed by atoms with van der Waals surface area (Å²) in [5, 5.41) is 12.8. The Morgan fingerprint density at radius 3 is 1.81 bits per heavy atom. The summed E-state index contributed by atoms with van der Waals surface area (Å²) < 4.78 is 0. The molecule has 0 aromatic heterocycles. The van der Waals surface area contributed by atoms with Crippen molar-refractivity contribution < 1.29 is 9.72 Å². The molecule has 3 atom stereocenters. The lowest BCUT2D eigenvalue weighted by Gasteiger charge is -2.32. The molecule has 0 saturated carbocycles. The average molecular weight is 600 g/mol. The van der Waals surface area contributed by atoms with E-state index in [4.69, 9.17) is 11.6 Å². The molecule has 43 heavy (non-hydrogen) atoms. The van der Waals surface area contributed by atoms with E-state index in [1.165, 1.54) is 11.4 Å². The van der Waals surface area contributed by atoms with Crippen LogP contribution in [0.25, 0.3) is 5.57 Å². The van der Waals surface area contributed by atoms with Crippen molar-refractivity contribution >= 4 is 34.8 Å². The molecule has 0 aliphatic heterocycles. The first-order chi connectivity index (χ1) is 20.8. The molecule has 6 nitrogen and oxygen atoms in total. The zero-order valence-corrected chi connectivity index (χ0v) is 26.3. The van der Waals surface area contributed by atoms with Crippen molar-refractivity contribution in [1.29, 1.82) is 0 Å². The molecule has 3 aromatic carbocycles. The van der Waals surface area contributed by atoms with Crippen LogP contribution < -0.4 is 9.80 Å². The predicted octanol–water partition coefficient (Wildman–Crippen LogP) is 8.43. The smallest absolute Gasteiger partial charge is 0.224 e. The second kappa shape index (κ2) is 15.0. The van der Waals surface area contributed by atoms with E-state index >= 15 is 0 Å². The molecule has 0 unspecified atom stereocenters. The van der Waals surface area contributed by atoms with Crippen LogP contribution in [0.3, 0.4) is 0 Å². The van der Waals surface area contributed by atoms with E-state index in [1.807, 2.05) is 24.3 Å². The molecule has 0 amide bonds. The van der Waals surface area contributed by atoms with E-state index in [9.17, 15) is 14.9 Å². The van der Waals surface area contributed by atoms with Gasteiger partial charge in [-0.25, -0.2) is 0 Å². The molecule has 7 heteroatoms. The first kappa shape index (κ1) is 32.0. The van der Waals surface area contributed by atoms with E-state index < -0.39 is 12.0 Å². The third-order valence-corrected chi connectivity index (χ3v) is 8.99. The fraction of sp³-hybridized carbons (Fsp3) is 0.361. The maximum Gasteiger partial charge on any atom is 0.224 e. The molecule has 1 aliphatic carbocycles. The minimum absolute atomic E-state index is 0.0963. The molecular formula is C36H42ClN3O3. The van der Waals surface area contributed by atoms with Gasteiger partial charge in [-0.1, -0.05) is 66.2 Å². The van der Waals surface area contributed by atoms with Crippen LogP contribution in [0.15, 0.2) is 90.5 Å². The van der Waals surface area contributed by atoms with Crippen LogP contribution in [0.5, 0.6) is 0 Å². The number of aldehydes is 1. The first-order valence-corrected chi connectivity index (χ1v) is 15.7. The van der Waals surface area contributed by atoms with Crippen molar-refractivity contribution in [3.63, 3.8) is 0 Å². The summed E-state index contributed by atoms with van der Waals surface area (Å²) in [6, 6.07) is 23.6. The van der Waals surface area contributed by atoms with Crippen LogP contribution in [0.4, 0.5) is 11.4 Å². The molecule has 0 spiro atoms. The van der Waals surface area contributed by atoms with Crippen molar-refractivity contribution in [2.24, 2.45) is 5.92 Å². The van der Waals surface area contributed by atoms with Crippen LogP contribution in [-0.4, -0.2) is 43.4 Å². The summed E-state index contributed by atoms with van der Waals surface area (Å²) >= 11 is 6.61.